The summed E-state index contributed by atoms with van der Waals surface area (Å²) >= 11 is 0. The van der Waals surface area contributed by atoms with Crippen LogP contribution in [-0.4, -0.2) is 28.0 Å². The van der Waals surface area contributed by atoms with Crippen LogP contribution >= 0.6 is 0 Å². The summed E-state index contributed by atoms with van der Waals surface area (Å²) in [4.78, 5) is 11.8. The number of phenols is 1. The number of benzene rings is 1. The lowest BCUT2D eigenvalue weighted by Gasteiger charge is -2.07. The summed E-state index contributed by atoms with van der Waals surface area (Å²) in [5.74, 6) is -0.357. The Bertz CT molecular complexity index is 602. The molecule has 1 aromatic heterocycles. The van der Waals surface area contributed by atoms with Gasteiger partial charge >= 0.3 is 5.97 Å². The number of esters is 1. The van der Waals surface area contributed by atoms with Crippen LogP contribution in [0.15, 0.2) is 24.3 Å². The van der Waals surface area contributed by atoms with E-state index >= 15 is 0 Å². The number of methoxy groups -OCH3 is 1. The van der Waals surface area contributed by atoms with Crippen LogP contribution in [0.1, 0.15) is 16.1 Å². The number of nitrogens with zero attached hydrogens (tertiary/aromatic N) is 2. The van der Waals surface area contributed by atoms with Crippen molar-refractivity contribution in [2.24, 2.45) is 7.05 Å². The van der Waals surface area contributed by atoms with Gasteiger partial charge in [0.15, 0.2) is 0 Å². The van der Waals surface area contributed by atoms with Gasteiger partial charge in [0.1, 0.15) is 11.3 Å². The summed E-state index contributed by atoms with van der Waals surface area (Å²) in [6, 6.07) is 6.81. The van der Waals surface area contributed by atoms with Crippen LogP contribution in [-0.2, 0) is 11.8 Å². The van der Waals surface area contributed by atoms with E-state index in [1.165, 1.54) is 7.11 Å². The first-order valence-corrected chi connectivity index (χ1v) is 5.46. The molecule has 0 amide bonds. The number of hydrogen-bond acceptors (Lipinski definition) is 4. The molecule has 0 spiro atoms. The zero-order chi connectivity index (χ0) is 13.3. The lowest BCUT2D eigenvalue weighted by atomic mass is 10.1. The van der Waals surface area contributed by atoms with Gasteiger partial charge in [0, 0.05) is 12.6 Å². The summed E-state index contributed by atoms with van der Waals surface area (Å²) in [7, 11) is 3.05. The van der Waals surface area contributed by atoms with E-state index in [0.717, 1.165) is 0 Å². The van der Waals surface area contributed by atoms with E-state index in [-0.39, 0.29) is 5.75 Å². The molecule has 0 atom stereocenters. The van der Waals surface area contributed by atoms with Gasteiger partial charge in [-0.05, 0) is 19.1 Å². The summed E-state index contributed by atoms with van der Waals surface area (Å²) in [6.45, 7) is 1.73. The minimum Gasteiger partial charge on any atom is -0.507 e. The molecular weight excluding hydrogens is 232 g/mol. The molecule has 1 N–H and O–H groups in total. The monoisotopic (exact) mass is 246 g/mol. The van der Waals surface area contributed by atoms with E-state index in [0.29, 0.717) is 22.5 Å². The van der Waals surface area contributed by atoms with Gasteiger partial charge < -0.3 is 9.84 Å². The zero-order valence-electron chi connectivity index (χ0n) is 10.5. The lowest BCUT2D eigenvalue weighted by molar-refractivity contribution is 0.0601. The van der Waals surface area contributed by atoms with Crippen LogP contribution in [0, 0.1) is 6.92 Å². The van der Waals surface area contributed by atoms with Crippen molar-refractivity contribution in [3.05, 3.63) is 35.5 Å². The van der Waals surface area contributed by atoms with Crippen molar-refractivity contribution < 1.29 is 14.6 Å². The maximum absolute atomic E-state index is 11.8. The Morgan fingerprint density at radius 3 is 2.67 bits per heavy atom. The average Bonchev–Trinajstić information content (AvgIpc) is 2.64. The molecule has 1 aromatic carbocycles. The third-order valence-corrected chi connectivity index (χ3v) is 2.77. The molecule has 0 saturated carbocycles. The van der Waals surface area contributed by atoms with E-state index in [1.54, 1.807) is 42.9 Å². The van der Waals surface area contributed by atoms with Gasteiger partial charge in [-0.25, -0.2) is 4.79 Å². The first-order chi connectivity index (χ1) is 8.56. The quantitative estimate of drug-likeness (QED) is 0.822. The molecule has 0 aliphatic carbocycles. The Kier molecular flexibility index (Phi) is 3.06. The molecule has 0 saturated heterocycles. The third-order valence-electron chi connectivity index (χ3n) is 2.77. The molecule has 2 rings (SSSR count). The lowest BCUT2D eigenvalue weighted by Crippen LogP contribution is -2.05. The number of ether oxygens (including phenoxy) is 1. The highest BCUT2D eigenvalue weighted by atomic mass is 16.5. The van der Waals surface area contributed by atoms with E-state index < -0.39 is 5.97 Å². The first-order valence-electron chi connectivity index (χ1n) is 5.46. The fourth-order valence-corrected chi connectivity index (χ4v) is 1.99. The second-order valence-electron chi connectivity index (χ2n) is 3.94. The molecule has 18 heavy (non-hydrogen) atoms. The molecule has 1 heterocycles. The second-order valence-corrected chi connectivity index (χ2v) is 3.94. The Morgan fingerprint density at radius 1 is 1.39 bits per heavy atom. The number of carbonyl (C=O) groups is 1. The summed E-state index contributed by atoms with van der Waals surface area (Å²) in [5.41, 5.74) is 2.06. The normalized spacial score (nSPS) is 10.4. The Labute approximate surface area is 105 Å². The average molecular weight is 246 g/mol. The van der Waals surface area contributed by atoms with Crippen LogP contribution in [0.2, 0.25) is 0 Å². The largest absolute Gasteiger partial charge is 0.507 e. The molecule has 94 valence electrons. The topological polar surface area (TPSA) is 64.3 Å². The predicted octanol–water partition coefficient (Wildman–Crippen LogP) is 1.89. The summed E-state index contributed by atoms with van der Waals surface area (Å²) < 4.78 is 6.32. The SMILES string of the molecule is COC(=O)c1c(C)nn(C)c1-c1ccccc1O. The molecule has 0 bridgehead atoms. The van der Waals surface area contributed by atoms with Gasteiger partial charge in [-0.1, -0.05) is 12.1 Å². The van der Waals surface area contributed by atoms with E-state index in [4.69, 9.17) is 4.74 Å². The van der Waals surface area contributed by atoms with E-state index in [9.17, 15) is 9.90 Å². The van der Waals surface area contributed by atoms with Gasteiger partial charge in [0.25, 0.3) is 0 Å². The van der Waals surface area contributed by atoms with Crippen LogP contribution < -0.4 is 0 Å². The molecule has 0 unspecified atom stereocenters. The fourth-order valence-electron chi connectivity index (χ4n) is 1.99. The molecule has 0 aliphatic rings. The van der Waals surface area contributed by atoms with Crippen LogP contribution in [0.4, 0.5) is 0 Å². The maximum atomic E-state index is 11.8. The minimum atomic E-state index is -0.459. The van der Waals surface area contributed by atoms with Crippen molar-refractivity contribution in [3.63, 3.8) is 0 Å². The number of rotatable bonds is 2. The highest BCUT2D eigenvalue weighted by Crippen LogP contribution is 2.32. The maximum Gasteiger partial charge on any atom is 0.342 e. The van der Waals surface area contributed by atoms with Crippen molar-refractivity contribution in [2.45, 2.75) is 6.92 Å². The van der Waals surface area contributed by atoms with E-state index in [2.05, 4.69) is 5.10 Å². The van der Waals surface area contributed by atoms with E-state index in [1.807, 2.05) is 0 Å². The predicted molar refractivity (Wildman–Crippen MR) is 66.4 cm³/mol. The van der Waals surface area contributed by atoms with Gasteiger partial charge in [-0.2, -0.15) is 5.10 Å². The first kappa shape index (κ1) is 12.2. The number of carbonyl (C=O) groups excluding carboxylic acids is 1. The Morgan fingerprint density at radius 2 is 2.06 bits per heavy atom. The van der Waals surface area contributed by atoms with Crippen molar-refractivity contribution in [1.29, 1.82) is 0 Å². The molecule has 0 aliphatic heterocycles. The molecule has 5 nitrogen and oxygen atoms in total. The van der Waals surface area contributed by atoms with Crippen molar-refractivity contribution in [2.75, 3.05) is 7.11 Å². The smallest absolute Gasteiger partial charge is 0.342 e. The van der Waals surface area contributed by atoms with Gasteiger partial charge in [0.2, 0.25) is 0 Å². The molecule has 0 radical (unpaired) electrons. The molecule has 0 fully saturated rings. The number of hydrogen-bond donors (Lipinski definition) is 1. The summed E-state index contributed by atoms with van der Waals surface area (Å²) in [6.07, 6.45) is 0. The number of para-hydroxylation sites is 1. The number of aryl methyl sites for hydroxylation is 2. The minimum absolute atomic E-state index is 0.102. The molecular formula is C13H14N2O3. The number of phenolic OH excluding ortho intramolecular Hbond substituents is 1. The van der Waals surface area contributed by atoms with Crippen molar-refractivity contribution in [3.8, 4) is 17.0 Å². The highest BCUT2D eigenvalue weighted by Gasteiger charge is 2.23. The standard InChI is InChI=1S/C13H14N2O3/c1-8-11(13(17)18-3)12(15(2)14-8)9-6-4-5-7-10(9)16/h4-7,16H,1-3H3. The van der Waals surface area contributed by atoms with Crippen LogP contribution in [0.25, 0.3) is 11.3 Å². The zero-order valence-corrected chi connectivity index (χ0v) is 10.5. The number of aromatic nitrogens is 2. The van der Waals surface area contributed by atoms with Crippen LogP contribution in [0.3, 0.4) is 0 Å². The van der Waals surface area contributed by atoms with Gasteiger partial charge in [0.05, 0.1) is 18.5 Å². The van der Waals surface area contributed by atoms with Gasteiger partial charge in [-0.15, -0.1) is 0 Å². The second kappa shape index (κ2) is 4.52. The summed E-state index contributed by atoms with van der Waals surface area (Å²) in [5, 5.41) is 14.1. The number of aromatic hydroxyl groups is 1. The molecule has 5 heteroatoms. The van der Waals surface area contributed by atoms with Crippen molar-refractivity contribution >= 4 is 5.97 Å². The Hall–Kier alpha value is -2.30. The third kappa shape index (κ3) is 1.84. The highest BCUT2D eigenvalue weighted by molar-refractivity contribution is 5.98. The van der Waals surface area contributed by atoms with Gasteiger partial charge in [-0.3, -0.25) is 4.68 Å². The molecule has 2 aromatic rings. The van der Waals surface area contributed by atoms with Crippen LogP contribution in [0.5, 0.6) is 5.75 Å². The fraction of sp³-hybridized carbons (Fsp3) is 0.231. The Balaban J connectivity index is 2.72. The van der Waals surface area contributed by atoms with Crippen molar-refractivity contribution in [1.82, 2.24) is 9.78 Å².